The number of aromatic nitrogens is 4. The predicted molar refractivity (Wildman–Crippen MR) is 153 cm³/mol. The van der Waals surface area contributed by atoms with Gasteiger partial charge in [-0.1, -0.05) is 23.7 Å². The number of amides is 1. The number of nitrogens with one attached hydrogen (secondary N) is 3. The summed E-state index contributed by atoms with van der Waals surface area (Å²) in [5.74, 6) is 0.216. The van der Waals surface area contributed by atoms with E-state index in [0.29, 0.717) is 22.6 Å². The molecule has 0 atom stereocenters. The molecule has 10 nitrogen and oxygen atoms in total. The van der Waals surface area contributed by atoms with Crippen molar-refractivity contribution in [2.45, 2.75) is 0 Å². The summed E-state index contributed by atoms with van der Waals surface area (Å²) in [5, 5.41) is 15.1. The van der Waals surface area contributed by atoms with Gasteiger partial charge in [-0.15, -0.1) is 0 Å². The number of hydrogen-bond donors (Lipinski definition) is 3. The topological polar surface area (TPSA) is 125 Å². The smallest absolute Gasteiger partial charge is 0.238 e. The molecule has 2 heterocycles. The van der Waals surface area contributed by atoms with Crippen LogP contribution in [0, 0.1) is 0 Å². The summed E-state index contributed by atoms with van der Waals surface area (Å²) in [6, 6.07) is 16.5. The van der Waals surface area contributed by atoms with Crippen LogP contribution in [0.3, 0.4) is 0 Å². The Morgan fingerprint density at radius 3 is 2.69 bits per heavy atom. The van der Waals surface area contributed by atoms with E-state index in [4.69, 9.17) is 26.3 Å². The van der Waals surface area contributed by atoms with Crippen molar-refractivity contribution in [3.8, 4) is 11.4 Å². The summed E-state index contributed by atoms with van der Waals surface area (Å²) in [6.45, 7) is 0.0106. The number of H-pyrrole nitrogens is 1. The van der Waals surface area contributed by atoms with E-state index in [-0.39, 0.29) is 41.3 Å². The number of carbonyl (C=O) groups excluding carboxylic acids is 2. The number of nitrogens with zero attached hydrogens (tertiary/aromatic N) is 4. The van der Waals surface area contributed by atoms with Crippen LogP contribution in [0.1, 0.15) is 10.4 Å². The number of likely N-dealkylation sites (N-methyl/N-ethyl adjacent to an activating group) is 1. The largest absolute Gasteiger partial charge is 0.377 e. The number of ketones is 1. The lowest BCUT2D eigenvalue weighted by Gasteiger charge is -2.17. The molecule has 0 aliphatic heterocycles. The normalized spacial score (nSPS) is 11.3. The molecule has 0 spiro atoms. The van der Waals surface area contributed by atoms with Crippen LogP contribution in [0.25, 0.3) is 33.2 Å². The summed E-state index contributed by atoms with van der Waals surface area (Å²) >= 11 is 6.86. The molecule has 0 aliphatic carbocycles. The summed E-state index contributed by atoms with van der Waals surface area (Å²) in [7, 11) is 5.03. The van der Waals surface area contributed by atoms with Gasteiger partial charge in [0.15, 0.2) is 11.6 Å². The number of ether oxygens (including phenoxy) is 1. The van der Waals surface area contributed by atoms with Crippen molar-refractivity contribution < 1.29 is 14.3 Å². The molecule has 0 aliphatic rings. The number of carbonyl (C=O) groups is 2. The molecule has 2 aromatic heterocycles. The van der Waals surface area contributed by atoms with Crippen LogP contribution < -0.4 is 10.6 Å². The fraction of sp³-hybridized carbons (Fsp3) is 0.179. The minimum atomic E-state index is -0.294. The van der Waals surface area contributed by atoms with E-state index in [0.717, 1.165) is 22.0 Å². The van der Waals surface area contributed by atoms with E-state index < -0.39 is 0 Å². The summed E-state index contributed by atoms with van der Waals surface area (Å²) < 4.78 is 5.10. The molecule has 0 fully saturated rings. The molecule has 0 saturated heterocycles. The van der Waals surface area contributed by atoms with E-state index >= 15 is 0 Å². The van der Waals surface area contributed by atoms with Crippen LogP contribution in [0.4, 0.5) is 17.2 Å². The van der Waals surface area contributed by atoms with Gasteiger partial charge < -0.3 is 20.3 Å². The molecule has 39 heavy (non-hydrogen) atoms. The Balaban J connectivity index is 1.66. The molecule has 3 aromatic carbocycles. The molecule has 0 unspecified atom stereocenters. The highest BCUT2D eigenvalue weighted by atomic mass is 35.5. The highest BCUT2D eigenvalue weighted by Gasteiger charge is 2.23. The fourth-order valence-corrected chi connectivity index (χ4v) is 4.55. The summed E-state index contributed by atoms with van der Waals surface area (Å²) in [6.07, 6.45) is 1.74. The number of anilines is 3. The lowest BCUT2D eigenvalue weighted by Crippen LogP contribution is -2.27. The molecule has 5 rings (SSSR count). The zero-order chi connectivity index (χ0) is 27.5. The lowest BCUT2D eigenvalue weighted by atomic mass is 10.0. The predicted octanol–water partition coefficient (Wildman–Crippen LogP) is 4.90. The molecule has 198 valence electrons. The van der Waals surface area contributed by atoms with Crippen molar-refractivity contribution in [2.75, 3.05) is 45.0 Å². The number of halogens is 1. The van der Waals surface area contributed by atoms with Gasteiger partial charge in [-0.2, -0.15) is 5.10 Å². The van der Waals surface area contributed by atoms with Crippen LogP contribution in [-0.4, -0.2) is 71.1 Å². The third kappa shape index (κ3) is 5.58. The van der Waals surface area contributed by atoms with Gasteiger partial charge in [-0.05, 0) is 56.6 Å². The van der Waals surface area contributed by atoms with E-state index in [1.807, 2.05) is 42.5 Å². The Morgan fingerprint density at radius 1 is 1.08 bits per heavy atom. The van der Waals surface area contributed by atoms with Gasteiger partial charge in [-0.25, -0.2) is 9.97 Å². The van der Waals surface area contributed by atoms with Crippen molar-refractivity contribution in [3.05, 3.63) is 71.4 Å². The number of methoxy groups -OCH3 is 1. The average molecular weight is 544 g/mol. The molecule has 0 saturated carbocycles. The van der Waals surface area contributed by atoms with E-state index in [9.17, 15) is 9.59 Å². The minimum absolute atomic E-state index is 0.154. The third-order valence-electron chi connectivity index (χ3n) is 5.98. The van der Waals surface area contributed by atoms with E-state index in [2.05, 4.69) is 20.8 Å². The Bertz CT molecular complexity index is 1700. The van der Waals surface area contributed by atoms with Crippen LogP contribution in [0.15, 0.2) is 60.8 Å². The number of Topliss-reactive ketones (excluding diaryl/α,β-unsaturated/α-hetero) is 1. The van der Waals surface area contributed by atoms with Crippen LogP contribution in [0.5, 0.6) is 0 Å². The molecule has 0 radical (unpaired) electrons. The van der Waals surface area contributed by atoms with Crippen molar-refractivity contribution in [3.63, 3.8) is 0 Å². The highest BCUT2D eigenvalue weighted by molar-refractivity contribution is 6.37. The summed E-state index contributed by atoms with van der Waals surface area (Å²) in [5.41, 5.74) is 3.30. The van der Waals surface area contributed by atoms with E-state index in [1.54, 1.807) is 37.3 Å². The van der Waals surface area contributed by atoms with Crippen molar-refractivity contribution >= 4 is 62.3 Å². The molecule has 3 N–H and O–H groups in total. The monoisotopic (exact) mass is 543 g/mol. The highest BCUT2D eigenvalue weighted by Crippen LogP contribution is 2.38. The zero-order valence-corrected chi connectivity index (χ0v) is 22.3. The molecule has 1 amide bonds. The molecular weight excluding hydrogens is 518 g/mol. The number of aromatic amines is 1. The Kier molecular flexibility index (Phi) is 7.51. The molecule has 11 heteroatoms. The lowest BCUT2D eigenvalue weighted by molar-refractivity contribution is -0.116. The Morgan fingerprint density at radius 2 is 1.90 bits per heavy atom. The van der Waals surface area contributed by atoms with Crippen molar-refractivity contribution in [1.82, 2.24) is 25.1 Å². The number of hydrogen-bond acceptors (Lipinski definition) is 8. The number of benzene rings is 3. The first-order chi connectivity index (χ1) is 18.8. The number of fused-ring (bicyclic) bond motifs is 2. The molecular formula is C28H26ClN7O3. The first kappa shape index (κ1) is 26.2. The standard InChI is InChI=1S/C28H26ClN7O3/c1-36(2)14-24(38)32-22-11-9-19(23(37)15-39-3)25(26(22)29)28-33-21-7-5-4-6-18(21)27(34-28)31-17-8-10-20-16(12-17)13-30-35-20/h4-13H,14-15H2,1-3H3,(H,30,35)(H,32,38)(H,31,33,34). The second kappa shape index (κ2) is 11.2. The second-order valence-corrected chi connectivity index (χ2v) is 9.58. The Labute approximate surface area is 229 Å². The first-order valence-corrected chi connectivity index (χ1v) is 12.5. The van der Waals surface area contributed by atoms with Gasteiger partial charge in [0.1, 0.15) is 12.4 Å². The third-order valence-corrected chi connectivity index (χ3v) is 6.37. The minimum Gasteiger partial charge on any atom is -0.377 e. The maximum absolute atomic E-state index is 13.1. The van der Waals surface area contributed by atoms with Gasteiger partial charge in [0.05, 0.1) is 40.0 Å². The molecule has 0 bridgehead atoms. The van der Waals surface area contributed by atoms with Crippen LogP contribution >= 0.6 is 11.6 Å². The maximum atomic E-state index is 13.1. The number of para-hydroxylation sites is 1. The van der Waals surface area contributed by atoms with Crippen molar-refractivity contribution in [2.24, 2.45) is 0 Å². The van der Waals surface area contributed by atoms with Gasteiger partial charge in [0.2, 0.25) is 5.91 Å². The van der Waals surface area contributed by atoms with Crippen molar-refractivity contribution in [1.29, 1.82) is 0 Å². The van der Waals surface area contributed by atoms with E-state index in [1.165, 1.54) is 7.11 Å². The first-order valence-electron chi connectivity index (χ1n) is 12.1. The second-order valence-electron chi connectivity index (χ2n) is 9.20. The van der Waals surface area contributed by atoms with Crippen LogP contribution in [0.2, 0.25) is 5.02 Å². The Hall–Kier alpha value is -4.38. The van der Waals surface area contributed by atoms with Gasteiger partial charge in [0.25, 0.3) is 0 Å². The SMILES string of the molecule is COCC(=O)c1ccc(NC(=O)CN(C)C)c(Cl)c1-c1nc(Nc2ccc3[nH]ncc3c2)c2ccccc2n1. The molecule has 5 aromatic rings. The average Bonchev–Trinajstić information content (AvgIpc) is 3.37. The zero-order valence-electron chi connectivity index (χ0n) is 21.6. The number of rotatable bonds is 9. The summed E-state index contributed by atoms with van der Waals surface area (Å²) in [4.78, 5) is 36.9. The van der Waals surface area contributed by atoms with Gasteiger partial charge >= 0.3 is 0 Å². The quantitative estimate of drug-likeness (QED) is 0.224. The fourth-order valence-electron chi connectivity index (χ4n) is 4.25. The van der Waals surface area contributed by atoms with Gasteiger partial charge in [0, 0.05) is 29.1 Å². The van der Waals surface area contributed by atoms with Gasteiger partial charge in [-0.3, -0.25) is 14.7 Å². The maximum Gasteiger partial charge on any atom is 0.238 e. The van der Waals surface area contributed by atoms with Crippen LogP contribution in [-0.2, 0) is 9.53 Å².